The molecule has 3 heteroatoms. The first kappa shape index (κ1) is 13.9. The highest BCUT2D eigenvalue weighted by atomic mass is 16.5. The number of aryl methyl sites for hydroxylation is 1. The van der Waals surface area contributed by atoms with Crippen molar-refractivity contribution in [3.63, 3.8) is 0 Å². The summed E-state index contributed by atoms with van der Waals surface area (Å²) >= 11 is 0. The fourth-order valence-electron chi connectivity index (χ4n) is 2.65. The van der Waals surface area contributed by atoms with Gasteiger partial charge in [-0.1, -0.05) is 31.7 Å². The Morgan fingerprint density at radius 1 is 1.21 bits per heavy atom. The minimum atomic E-state index is 0.0187. The van der Waals surface area contributed by atoms with Gasteiger partial charge in [-0.2, -0.15) is 0 Å². The highest BCUT2D eigenvalue weighted by molar-refractivity contribution is 5.94. The van der Waals surface area contributed by atoms with E-state index < -0.39 is 0 Å². The maximum absolute atomic E-state index is 12.2. The third-order valence-electron chi connectivity index (χ3n) is 3.86. The van der Waals surface area contributed by atoms with Crippen molar-refractivity contribution in [3.8, 4) is 5.75 Å². The second-order valence-corrected chi connectivity index (χ2v) is 5.35. The lowest BCUT2D eigenvalue weighted by Crippen LogP contribution is -2.34. The van der Waals surface area contributed by atoms with Gasteiger partial charge in [-0.25, -0.2) is 0 Å². The van der Waals surface area contributed by atoms with Crippen LogP contribution < -0.4 is 10.1 Å². The number of hydrogen-bond acceptors (Lipinski definition) is 2. The number of carbonyl (C=O) groups excluding carboxylic acids is 1. The van der Waals surface area contributed by atoms with E-state index in [0.29, 0.717) is 11.6 Å². The van der Waals surface area contributed by atoms with E-state index in [4.69, 9.17) is 4.74 Å². The lowest BCUT2D eigenvalue weighted by Gasteiger charge is -2.16. The average Bonchev–Trinajstić information content (AvgIpc) is 2.68. The monoisotopic (exact) mass is 261 g/mol. The standard InChI is InChI=1S/C16H23NO2/c1-12-9-10-13(11-15(12)19-2)16(18)17-14-7-5-3-4-6-8-14/h9-11,14H,3-8H2,1-2H3,(H,17,18). The van der Waals surface area contributed by atoms with Gasteiger partial charge in [-0.3, -0.25) is 4.79 Å². The summed E-state index contributed by atoms with van der Waals surface area (Å²) in [5, 5.41) is 3.15. The number of rotatable bonds is 3. The molecule has 0 saturated heterocycles. The van der Waals surface area contributed by atoms with Crippen LogP contribution in [0.3, 0.4) is 0 Å². The summed E-state index contributed by atoms with van der Waals surface area (Å²) in [7, 11) is 1.63. The first-order valence-corrected chi connectivity index (χ1v) is 7.16. The van der Waals surface area contributed by atoms with Crippen molar-refractivity contribution in [3.05, 3.63) is 29.3 Å². The molecule has 0 bridgehead atoms. The Morgan fingerprint density at radius 3 is 2.53 bits per heavy atom. The highest BCUT2D eigenvalue weighted by Gasteiger charge is 2.16. The number of amides is 1. The molecule has 1 aromatic carbocycles. The Morgan fingerprint density at radius 2 is 1.89 bits per heavy atom. The number of hydrogen-bond donors (Lipinski definition) is 1. The van der Waals surface area contributed by atoms with E-state index in [0.717, 1.165) is 24.2 Å². The molecule has 1 N–H and O–H groups in total. The summed E-state index contributed by atoms with van der Waals surface area (Å²) in [5.41, 5.74) is 1.74. The van der Waals surface area contributed by atoms with Gasteiger partial charge in [0.05, 0.1) is 7.11 Å². The minimum Gasteiger partial charge on any atom is -0.496 e. The van der Waals surface area contributed by atoms with Gasteiger partial charge in [0.25, 0.3) is 5.91 Å². The van der Waals surface area contributed by atoms with Gasteiger partial charge in [-0.05, 0) is 37.5 Å². The molecular weight excluding hydrogens is 238 g/mol. The van der Waals surface area contributed by atoms with Gasteiger partial charge in [0.15, 0.2) is 0 Å². The van der Waals surface area contributed by atoms with E-state index in [1.807, 2.05) is 25.1 Å². The van der Waals surface area contributed by atoms with Crippen LogP contribution in [0.15, 0.2) is 18.2 Å². The third-order valence-corrected chi connectivity index (χ3v) is 3.86. The number of ether oxygens (including phenoxy) is 1. The third kappa shape index (κ3) is 3.72. The summed E-state index contributed by atoms with van der Waals surface area (Å²) in [5.74, 6) is 0.790. The van der Waals surface area contributed by atoms with Crippen molar-refractivity contribution in [1.82, 2.24) is 5.32 Å². The summed E-state index contributed by atoms with van der Waals surface area (Å²) in [6, 6.07) is 5.95. The molecule has 0 aliphatic heterocycles. The Balaban J connectivity index is 2.02. The van der Waals surface area contributed by atoms with Crippen LogP contribution in [-0.4, -0.2) is 19.1 Å². The van der Waals surface area contributed by atoms with E-state index in [9.17, 15) is 4.79 Å². The molecule has 2 rings (SSSR count). The Labute approximate surface area is 115 Å². The maximum Gasteiger partial charge on any atom is 0.251 e. The zero-order valence-electron chi connectivity index (χ0n) is 11.9. The van der Waals surface area contributed by atoms with Gasteiger partial charge >= 0.3 is 0 Å². The summed E-state index contributed by atoms with van der Waals surface area (Å²) < 4.78 is 5.27. The molecule has 1 aliphatic carbocycles. The van der Waals surface area contributed by atoms with Crippen molar-refractivity contribution in [2.75, 3.05) is 7.11 Å². The molecule has 3 nitrogen and oxygen atoms in total. The van der Waals surface area contributed by atoms with Crippen LogP contribution in [0.5, 0.6) is 5.75 Å². The summed E-state index contributed by atoms with van der Waals surface area (Å²) in [6.45, 7) is 1.98. The maximum atomic E-state index is 12.2. The summed E-state index contributed by atoms with van der Waals surface area (Å²) in [6.07, 6.45) is 7.25. The van der Waals surface area contributed by atoms with Gasteiger partial charge in [0, 0.05) is 11.6 Å². The van der Waals surface area contributed by atoms with Crippen LogP contribution >= 0.6 is 0 Å². The predicted molar refractivity (Wildman–Crippen MR) is 76.7 cm³/mol. The van der Waals surface area contributed by atoms with Crippen molar-refractivity contribution in [1.29, 1.82) is 0 Å². The van der Waals surface area contributed by atoms with Crippen LogP contribution in [0.1, 0.15) is 54.4 Å². The van der Waals surface area contributed by atoms with E-state index in [2.05, 4.69) is 5.32 Å². The van der Waals surface area contributed by atoms with Crippen molar-refractivity contribution < 1.29 is 9.53 Å². The van der Waals surface area contributed by atoms with Crippen molar-refractivity contribution >= 4 is 5.91 Å². The Bertz CT molecular complexity index is 434. The molecule has 1 amide bonds. The van der Waals surface area contributed by atoms with Crippen LogP contribution in [-0.2, 0) is 0 Å². The molecule has 19 heavy (non-hydrogen) atoms. The number of benzene rings is 1. The van der Waals surface area contributed by atoms with Crippen LogP contribution in [0.2, 0.25) is 0 Å². The molecular formula is C16H23NO2. The average molecular weight is 261 g/mol. The van der Waals surface area contributed by atoms with E-state index in [1.54, 1.807) is 7.11 Å². The lowest BCUT2D eigenvalue weighted by molar-refractivity contribution is 0.0933. The highest BCUT2D eigenvalue weighted by Crippen LogP contribution is 2.20. The quantitative estimate of drug-likeness (QED) is 0.846. The smallest absolute Gasteiger partial charge is 0.251 e. The molecule has 1 saturated carbocycles. The van der Waals surface area contributed by atoms with Gasteiger partial charge in [-0.15, -0.1) is 0 Å². The lowest BCUT2D eigenvalue weighted by atomic mass is 10.1. The molecule has 0 spiro atoms. The van der Waals surface area contributed by atoms with Crippen molar-refractivity contribution in [2.45, 2.75) is 51.5 Å². The molecule has 1 aliphatic rings. The van der Waals surface area contributed by atoms with Crippen LogP contribution in [0.4, 0.5) is 0 Å². The normalized spacial score (nSPS) is 16.7. The molecule has 0 radical (unpaired) electrons. The zero-order chi connectivity index (χ0) is 13.7. The summed E-state index contributed by atoms with van der Waals surface area (Å²) in [4.78, 5) is 12.2. The van der Waals surface area contributed by atoms with E-state index >= 15 is 0 Å². The largest absolute Gasteiger partial charge is 0.496 e. The SMILES string of the molecule is COc1cc(C(=O)NC2CCCCCC2)ccc1C. The topological polar surface area (TPSA) is 38.3 Å². The number of nitrogens with one attached hydrogen (secondary N) is 1. The first-order valence-electron chi connectivity index (χ1n) is 7.16. The minimum absolute atomic E-state index is 0.0187. The molecule has 0 atom stereocenters. The fraction of sp³-hybridized carbons (Fsp3) is 0.562. The molecule has 1 aromatic rings. The predicted octanol–water partition coefficient (Wildman–Crippen LogP) is 3.46. The van der Waals surface area contributed by atoms with Gasteiger partial charge in [0.1, 0.15) is 5.75 Å². The molecule has 0 unspecified atom stereocenters. The van der Waals surface area contributed by atoms with Crippen LogP contribution in [0.25, 0.3) is 0 Å². The molecule has 0 heterocycles. The van der Waals surface area contributed by atoms with E-state index in [1.165, 1.54) is 25.7 Å². The first-order chi connectivity index (χ1) is 9.20. The number of methoxy groups -OCH3 is 1. The van der Waals surface area contributed by atoms with Crippen LogP contribution in [0, 0.1) is 6.92 Å². The second kappa shape index (κ2) is 6.60. The Kier molecular flexibility index (Phi) is 4.83. The fourth-order valence-corrected chi connectivity index (χ4v) is 2.65. The molecule has 104 valence electrons. The molecule has 0 aromatic heterocycles. The van der Waals surface area contributed by atoms with Gasteiger partial charge < -0.3 is 10.1 Å². The van der Waals surface area contributed by atoms with E-state index in [-0.39, 0.29) is 5.91 Å². The number of carbonyl (C=O) groups is 1. The zero-order valence-corrected chi connectivity index (χ0v) is 11.9. The van der Waals surface area contributed by atoms with Gasteiger partial charge in [0.2, 0.25) is 0 Å². The Hall–Kier alpha value is -1.51. The van der Waals surface area contributed by atoms with Crippen molar-refractivity contribution in [2.24, 2.45) is 0 Å². The molecule has 1 fully saturated rings. The second-order valence-electron chi connectivity index (χ2n) is 5.35.